The second-order valence-electron chi connectivity index (χ2n) is 7.40. The zero-order valence-electron chi connectivity index (χ0n) is 18.2. The summed E-state index contributed by atoms with van der Waals surface area (Å²) in [5.74, 6) is -0.553. The maximum Gasteiger partial charge on any atom is 0.279 e. The largest absolute Gasteiger partial charge is 0.383 e. The number of ether oxygens (including phenoxy) is 2. The average molecular weight is 507 g/mol. The van der Waals surface area contributed by atoms with Gasteiger partial charge >= 0.3 is 0 Å². The van der Waals surface area contributed by atoms with Crippen LogP contribution in [-0.4, -0.2) is 68.1 Å². The molecule has 11 nitrogen and oxygen atoms in total. The van der Waals surface area contributed by atoms with Crippen LogP contribution in [0.5, 0.6) is 0 Å². The molecule has 3 aromatic rings. The third kappa shape index (κ3) is 4.93. The SMILES string of the molecule is COCCn1c(=NC(=O)c2ccc(S(=O)(=O)N3CCOCC3)cc2)sc2ccc([N+](=O)[O-])cc21. The van der Waals surface area contributed by atoms with E-state index in [1.54, 1.807) is 10.6 Å². The molecule has 180 valence electrons. The van der Waals surface area contributed by atoms with Crippen molar-refractivity contribution in [2.75, 3.05) is 40.0 Å². The van der Waals surface area contributed by atoms with E-state index in [1.165, 1.54) is 59.2 Å². The Labute approximate surface area is 199 Å². The van der Waals surface area contributed by atoms with E-state index in [0.717, 1.165) is 4.70 Å². The number of benzene rings is 2. The number of amides is 1. The van der Waals surface area contributed by atoms with Gasteiger partial charge < -0.3 is 14.0 Å². The molecule has 0 saturated carbocycles. The summed E-state index contributed by atoms with van der Waals surface area (Å²) in [6.45, 7) is 1.92. The fourth-order valence-electron chi connectivity index (χ4n) is 3.51. The molecule has 2 heterocycles. The number of rotatable bonds is 7. The zero-order chi connectivity index (χ0) is 24.3. The Hall–Kier alpha value is -2.97. The molecule has 1 amide bonds. The van der Waals surface area contributed by atoms with Gasteiger partial charge in [-0.25, -0.2) is 8.42 Å². The number of aromatic nitrogens is 1. The summed E-state index contributed by atoms with van der Waals surface area (Å²) in [6.07, 6.45) is 0. The molecule has 0 radical (unpaired) electrons. The van der Waals surface area contributed by atoms with Gasteiger partial charge in [0.05, 0.1) is 39.9 Å². The number of carbonyl (C=O) groups excluding carboxylic acids is 1. The molecule has 0 unspecified atom stereocenters. The highest BCUT2D eigenvalue weighted by molar-refractivity contribution is 7.89. The number of nitrogens with zero attached hydrogens (tertiary/aromatic N) is 4. The van der Waals surface area contributed by atoms with Crippen molar-refractivity contribution in [1.29, 1.82) is 0 Å². The number of hydrogen-bond acceptors (Lipinski definition) is 8. The second-order valence-corrected chi connectivity index (χ2v) is 10.3. The molecule has 0 N–H and O–H groups in total. The number of thiazole rings is 1. The first-order chi connectivity index (χ1) is 16.3. The number of nitro benzene ring substituents is 1. The Kier molecular flexibility index (Phi) is 7.19. The van der Waals surface area contributed by atoms with Crippen LogP contribution in [0, 0.1) is 10.1 Å². The molecule has 1 aliphatic rings. The summed E-state index contributed by atoms with van der Waals surface area (Å²) < 4.78 is 39.7. The van der Waals surface area contributed by atoms with E-state index >= 15 is 0 Å². The molecule has 13 heteroatoms. The van der Waals surface area contributed by atoms with Gasteiger partial charge in [0.15, 0.2) is 4.80 Å². The fourth-order valence-corrected chi connectivity index (χ4v) is 5.95. The van der Waals surface area contributed by atoms with E-state index in [4.69, 9.17) is 9.47 Å². The van der Waals surface area contributed by atoms with Gasteiger partial charge in [0, 0.05) is 44.4 Å². The van der Waals surface area contributed by atoms with E-state index < -0.39 is 20.9 Å². The Bertz CT molecular complexity index is 1390. The van der Waals surface area contributed by atoms with Gasteiger partial charge in [0.25, 0.3) is 11.6 Å². The topological polar surface area (TPSA) is 133 Å². The molecule has 0 aliphatic carbocycles. The van der Waals surface area contributed by atoms with Gasteiger partial charge in [0.1, 0.15) is 0 Å². The first-order valence-corrected chi connectivity index (χ1v) is 12.6. The van der Waals surface area contributed by atoms with Crippen molar-refractivity contribution in [3.05, 3.63) is 62.9 Å². The minimum Gasteiger partial charge on any atom is -0.383 e. The molecule has 4 rings (SSSR count). The van der Waals surface area contributed by atoms with Crippen LogP contribution in [-0.2, 0) is 26.0 Å². The van der Waals surface area contributed by atoms with Crippen LogP contribution in [0.25, 0.3) is 10.2 Å². The molecule has 0 atom stereocenters. The number of fused-ring (bicyclic) bond motifs is 1. The highest BCUT2D eigenvalue weighted by Crippen LogP contribution is 2.23. The number of non-ortho nitro benzene ring substituents is 1. The quantitative estimate of drug-likeness (QED) is 0.354. The third-order valence-corrected chi connectivity index (χ3v) is 8.27. The van der Waals surface area contributed by atoms with Gasteiger partial charge in [-0.15, -0.1) is 0 Å². The van der Waals surface area contributed by atoms with Crippen LogP contribution in [0.15, 0.2) is 52.4 Å². The number of hydrogen-bond donors (Lipinski definition) is 0. The summed E-state index contributed by atoms with van der Waals surface area (Å²) in [5.41, 5.74) is 0.740. The van der Waals surface area contributed by atoms with Gasteiger partial charge in [-0.1, -0.05) is 11.3 Å². The number of carbonyl (C=O) groups is 1. The van der Waals surface area contributed by atoms with Crippen LogP contribution >= 0.6 is 11.3 Å². The molecule has 1 aromatic heterocycles. The van der Waals surface area contributed by atoms with Crippen molar-refractivity contribution >= 4 is 43.2 Å². The van der Waals surface area contributed by atoms with Gasteiger partial charge in [-0.05, 0) is 30.3 Å². The molecule has 1 saturated heterocycles. The summed E-state index contributed by atoms with van der Waals surface area (Å²) in [6, 6.07) is 10.1. The second kappa shape index (κ2) is 10.1. The summed E-state index contributed by atoms with van der Waals surface area (Å²) in [4.78, 5) is 28.2. The lowest BCUT2D eigenvalue weighted by molar-refractivity contribution is -0.384. The molecular weight excluding hydrogens is 484 g/mol. The monoisotopic (exact) mass is 506 g/mol. The number of sulfonamides is 1. The zero-order valence-corrected chi connectivity index (χ0v) is 19.9. The molecule has 2 aromatic carbocycles. The first-order valence-electron chi connectivity index (χ1n) is 10.3. The fraction of sp³-hybridized carbons (Fsp3) is 0.333. The van der Waals surface area contributed by atoms with Crippen LogP contribution in [0.1, 0.15) is 10.4 Å². The lowest BCUT2D eigenvalue weighted by Gasteiger charge is -2.26. The molecule has 0 bridgehead atoms. The average Bonchev–Trinajstić information content (AvgIpc) is 3.19. The minimum absolute atomic E-state index is 0.0635. The summed E-state index contributed by atoms with van der Waals surface area (Å²) in [5, 5.41) is 11.2. The maximum atomic E-state index is 12.9. The third-order valence-electron chi connectivity index (χ3n) is 5.30. The van der Waals surface area contributed by atoms with Crippen molar-refractivity contribution in [2.24, 2.45) is 4.99 Å². The first kappa shape index (κ1) is 24.2. The van der Waals surface area contributed by atoms with E-state index in [-0.39, 0.29) is 29.2 Å². The number of methoxy groups -OCH3 is 1. The minimum atomic E-state index is -3.67. The normalized spacial score (nSPS) is 15.6. The molecule has 1 aliphatic heterocycles. The van der Waals surface area contributed by atoms with Crippen molar-refractivity contribution < 1.29 is 27.6 Å². The van der Waals surface area contributed by atoms with Crippen molar-refractivity contribution in [1.82, 2.24) is 8.87 Å². The van der Waals surface area contributed by atoms with Crippen molar-refractivity contribution in [3.63, 3.8) is 0 Å². The molecule has 0 spiro atoms. The van der Waals surface area contributed by atoms with Crippen molar-refractivity contribution in [2.45, 2.75) is 11.4 Å². The van der Waals surface area contributed by atoms with Gasteiger partial charge in [-0.2, -0.15) is 9.30 Å². The summed E-state index contributed by atoms with van der Waals surface area (Å²) in [7, 11) is -2.13. The molecule has 1 fully saturated rings. The smallest absolute Gasteiger partial charge is 0.279 e. The predicted octanol–water partition coefficient (Wildman–Crippen LogP) is 2.02. The molecular formula is C21H22N4O7S2. The van der Waals surface area contributed by atoms with E-state index in [0.29, 0.717) is 36.7 Å². The van der Waals surface area contributed by atoms with Crippen LogP contribution < -0.4 is 4.80 Å². The Morgan fingerprint density at radius 2 is 1.91 bits per heavy atom. The van der Waals surface area contributed by atoms with Crippen LogP contribution in [0.3, 0.4) is 0 Å². The van der Waals surface area contributed by atoms with Crippen LogP contribution in [0.4, 0.5) is 5.69 Å². The Balaban J connectivity index is 1.66. The number of morpholine rings is 1. The van der Waals surface area contributed by atoms with Gasteiger partial charge in [0.2, 0.25) is 10.0 Å². The standard InChI is InChI=1S/C21H22N4O7S2/c1-31-11-10-24-18-14-16(25(27)28)4-7-19(18)33-21(24)22-20(26)15-2-5-17(6-3-15)34(29,30)23-8-12-32-13-9-23/h2-7,14H,8-13H2,1H3. The lowest BCUT2D eigenvalue weighted by atomic mass is 10.2. The Morgan fingerprint density at radius 3 is 2.56 bits per heavy atom. The highest BCUT2D eigenvalue weighted by Gasteiger charge is 2.26. The molecule has 34 heavy (non-hydrogen) atoms. The van der Waals surface area contributed by atoms with Crippen LogP contribution in [0.2, 0.25) is 0 Å². The maximum absolute atomic E-state index is 12.9. The van der Waals surface area contributed by atoms with E-state index in [1.807, 2.05) is 0 Å². The Morgan fingerprint density at radius 1 is 1.21 bits per heavy atom. The summed E-state index contributed by atoms with van der Waals surface area (Å²) >= 11 is 1.23. The van der Waals surface area contributed by atoms with E-state index in [2.05, 4.69) is 4.99 Å². The predicted molar refractivity (Wildman–Crippen MR) is 124 cm³/mol. The highest BCUT2D eigenvalue weighted by atomic mass is 32.2. The van der Waals surface area contributed by atoms with Crippen molar-refractivity contribution in [3.8, 4) is 0 Å². The lowest BCUT2D eigenvalue weighted by Crippen LogP contribution is -2.40. The van der Waals surface area contributed by atoms with Gasteiger partial charge in [-0.3, -0.25) is 14.9 Å². The number of nitro groups is 1. The van der Waals surface area contributed by atoms with E-state index in [9.17, 15) is 23.3 Å².